The summed E-state index contributed by atoms with van der Waals surface area (Å²) in [4.78, 5) is 1.10. The van der Waals surface area contributed by atoms with Crippen LogP contribution in [0.2, 0.25) is 0 Å². The molecule has 0 atom stereocenters. The molecule has 0 fully saturated rings. The van der Waals surface area contributed by atoms with Crippen LogP contribution in [0.4, 0.5) is 0 Å². The summed E-state index contributed by atoms with van der Waals surface area (Å²) in [5.41, 5.74) is 0. The van der Waals surface area contributed by atoms with Crippen molar-refractivity contribution in [2.24, 2.45) is 0 Å². The molecule has 0 amide bonds. The molecule has 0 aliphatic carbocycles. The Morgan fingerprint density at radius 3 is 1.31 bits per heavy atom. The minimum Gasteiger partial charge on any atom is -0.373 e. The van der Waals surface area contributed by atoms with Crippen molar-refractivity contribution in [1.29, 1.82) is 0 Å². The number of thiophene rings is 1. The van der Waals surface area contributed by atoms with Crippen LogP contribution >= 0.6 is 11.3 Å². The summed E-state index contributed by atoms with van der Waals surface area (Å²) in [6.45, 7) is 17.0. The molecule has 0 unspecified atom stereocenters. The highest BCUT2D eigenvalue weighted by Crippen LogP contribution is 2.50. The third-order valence-corrected chi connectivity index (χ3v) is 15.0. The molecule has 0 aliphatic rings. The van der Waals surface area contributed by atoms with Gasteiger partial charge in [-0.25, -0.2) is 0 Å². The van der Waals surface area contributed by atoms with E-state index < -0.39 is 22.3 Å². The van der Waals surface area contributed by atoms with Gasteiger partial charge in [0.2, 0.25) is 0 Å². The van der Waals surface area contributed by atoms with Gasteiger partial charge in [0, 0.05) is 44.5 Å². The third-order valence-electron chi connectivity index (χ3n) is 4.62. The first kappa shape index (κ1) is 26.9. The van der Waals surface area contributed by atoms with E-state index in [0.29, 0.717) is 39.6 Å². The molecule has 1 aromatic heterocycles. The van der Waals surface area contributed by atoms with Crippen LogP contribution in [0.25, 0.3) is 0 Å². The number of hydrogen-bond donors (Lipinski definition) is 0. The maximum Gasteiger partial charge on any atom is 0.517 e. The molecule has 0 aromatic carbocycles. The summed E-state index contributed by atoms with van der Waals surface area (Å²) in [6.07, 6.45) is 1.63. The highest BCUT2D eigenvalue weighted by Gasteiger charge is 2.77. The van der Waals surface area contributed by atoms with Crippen molar-refractivity contribution >= 4 is 28.9 Å². The second-order valence-electron chi connectivity index (χ2n) is 6.34. The Bertz CT molecular complexity index is 483. The number of hydrogen-bond acceptors (Lipinski definition) is 7. The summed E-state index contributed by atoms with van der Waals surface area (Å²) in [5.74, 6) is 0. The van der Waals surface area contributed by atoms with Crippen LogP contribution in [-0.2, 0) is 31.2 Å². The molecule has 1 aromatic rings. The van der Waals surface area contributed by atoms with Crippen LogP contribution in [0.1, 0.15) is 66.2 Å². The highest BCUT2D eigenvalue weighted by molar-refractivity contribution is 7.12. The Hall–Kier alpha value is -0.106. The van der Waals surface area contributed by atoms with Crippen LogP contribution in [0.3, 0.4) is 0 Å². The average Bonchev–Trinajstić information content (AvgIpc) is 3.22. The Kier molecular flexibility index (Phi) is 12.4. The summed E-state index contributed by atoms with van der Waals surface area (Å²) in [5, 5.41) is 2.08. The summed E-state index contributed by atoms with van der Waals surface area (Å²) < 4.78 is 38.2. The molecule has 6 nitrogen and oxygen atoms in total. The van der Waals surface area contributed by atoms with Crippen molar-refractivity contribution in [2.45, 2.75) is 66.0 Å². The van der Waals surface area contributed by atoms with Gasteiger partial charge in [-0.05, 0) is 59.4 Å². The highest BCUT2D eigenvalue weighted by atomic mass is 32.1. The number of rotatable bonds is 17. The fraction of sp³-hybridized carbons (Fsp3) is 0.800. The molecule has 0 aliphatic heterocycles. The van der Waals surface area contributed by atoms with Crippen LogP contribution in [-0.4, -0.2) is 57.3 Å². The molecular formula is C20H40O6SSi2. The predicted molar refractivity (Wildman–Crippen MR) is 122 cm³/mol. The first-order valence-corrected chi connectivity index (χ1v) is 15.2. The Morgan fingerprint density at radius 1 is 0.690 bits per heavy atom. The second kappa shape index (κ2) is 13.3. The molecule has 0 saturated carbocycles. The summed E-state index contributed by atoms with van der Waals surface area (Å²) in [7, 11) is -6.70. The topological polar surface area (TPSA) is 55.4 Å². The maximum atomic E-state index is 6.49. The van der Waals surface area contributed by atoms with E-state index in [2.05, 4.69) is 24.4 Å². The van der Waals surface area contributed by atoms with Gasteiger partial charge in [-0.3, -0.25) is 0 Å². The van der Waals surface area contributed by atoms with Gasteiger partial charge in [0.1, 0.15) is 4.66 Å². The SMILES string of the molecule is CCCC(c1cccs1)([Si](OCC)(OCC)OCC)[Si](OCC)(OCC)OCC. The van der Waals surface area contributed by atoms with Gasteiger partial charge >= 0.3 is 17.6 Å². The molecule has 29 heavy (non-hydrogen) atoms. The largest absolute Gasteiger partial charge is 0.517 e. The van der Waals surface area contributed by atoms with E-state index in [4.69, 9.17) is 26.6 Å². The van der Waals surface area contributed by atoms with Gasteiger partial charge < -0.3 is 26.6 Å². The van der Waals surface area contributed by atoms with E-state index in [9.17, 15) is 0 Å². The molecule has 0 saturated heterocycles. The van der Waals surface area contributed by atoms with Crippen LogP contribution in [0, 0.1) is 0 Å². The lowest BCUT2D eigenvalue weighted by Gasteiger charge is -2.51. The van der Waals surface area contributed by atoms with Crippen LogP contribution in [0.5, 0.6) is 0 Å². The van der Waals surface area contributed by atoms with E-state index in [1.807, 2.05) is 41.5 Å². The van der Waals surface area contributed by atoms with Crippen molar-refractivity contribution in [3.63, 3.8) is 0 Å². The van der Waals surface area contributed by atoms with Crippen LogP contribution < -0.4 is 0 Å². The van der Waals surface area contributed by atoms with E-state index in [1.54, 1.807) is 11.3 Å². The standard InChI is InChI=1S/C20H40O6SSi2/c1-8-17-20(19-16-15-18-27-19,28(21-9-2,22-10-3)23-11-4)29(24-12-5,25-13-6)26-14-7/h15-16,18H,8-14,17H2,1-7H3. The molecule has 0 bridgehead atoms. The lowest BCUT2D eigenvalue weighted by Crippen LogP contribution is -2.77. The zero-order chi connectivity index (χ0) is 21.8. The van der Waals surface area contributed by atoms with Gasteiger partial charge in [-0.2, -0.15) is 0 Å². The van der Waals surface area contributed by atoms with Gasteiger partial charge in [-0.1, -0.05) is 19.4 Å². The van der Waals surface area contributed by atoms with Gasteiger partial charge in [0.05, 0.1) is 0 Å². The Labute approximate surface area is 183 Å². The fourth-order valence-corrected chi connectivity index (χ4v) is 14.8. The van der Waals surface area contributed by atoms with E-state index in [1.165, 1.54) is 0 Å². The quantitative estimate of drug-likeness (QED) is 0.304. The minimum absolute atomic E-state index is 0.484. The Morgan fingerprint density at radius 2 is 1.07 bits per heavy atom. The van der Waals surface area contributed by atoms with Crippen molar-refractivity contribution in [3.8, 4) is 0 Å². The summed E-state index contributed by atoms with van der Waals surface area (Å²) in [6, 6.07) is 4.17. The Balaban J connectivity index is 4.00. The first-order valence-electron chi connectivity index (χ1n) is 10.9. The lowest BCUT2D eigenvalue weighted by atomic mass is 10.2. The van der Waals surface area contributed by atoms with E-state index in [0.717, 1.165) is 17.7 Å². The third kappa shape index (κ3) is 5.39. The summed E-state index contributed by atoms with van der Waals surface area (Å²) >= 11 is 1.67. The van der Waals surface area contributed by atoms with Crippen molar-refractivity contribution < 1.29 is 26.6 Å². The molecule has 170 valence electrons. The van der Waals surface area contributed by atoms with Gasteiger partial charge in [-0.15, -0.1) is 11.3 Å². The normalized spacial score (nSPS) is 13.2. The monoisotopic (exact) mass is 464 g/mol. The molecule has 0 N–H and O–H groups in total. The molecular weight excluding hydrogens is 424 g/mol. The lowest BCUT2D eigenvalue weighted by molar-refractivity contribution is 0.00990. The van der Waals surface area contributed by atoms with Gasteiger partial charge in [0.15, 0.2) is 0 Å². The van der Waals surface area contributed by atoms with Crippen molar-refractivity contribution in [2.75, 3.05) is 39.6 Å². The molecule has 0 spiro atoms. The zero-order valence-electron chi connectivity index (χ0n) is 19.2. The second-order valence-corrected chi connectivity index (χ2v) is 13.5. The average molecular weight is 465 g/mol. The van der Waals surface area contributed by atoms with Crippen molar-refractivity contribution in [1.82, 2.24) is 0 Å². The van der Waals surface area contributed by atoms with Gasteiger partial charge in [0.25, 0.3) is 0 Å². The molecule has 1 heterocycles. The first-order chi connectivity index (χ1) is 14.0. The fourth-order valence-electron chi connectivity index (χ4n) is 3.94. The predicted octanol–water partition coefficient (Wildman–Crippen LogP) is 4.96. The smallest absolute Gasteiger partial charge is 0.373 e. The van der Waals surface area contributed by atoms with Crippen LogP contribution in [0.15, 0.2) is 17.5 Å². The minimum atomic E-state index is -3.35. The molecule has 9 heteroatoms. The zero-order valence-corrected chi connectivity index (χ0v) is 22.1. The molecule has 0 radical (unpaired) electrons. The van der Waals surface area contributed by atoms with Crippen molar-refractivity contribution in [3.05, 3.63) is 22.4 Å². The molecule has 1 rings (SSSR count). The maximum absolute atomic E-state index is 6.49. The van der Waals surface area contributed by atoms with E-state index >= 15 is 0 Å². The van der Waals surface area contributed by atoms with E-state index in [-0.39, 0.29) is 0 Å².